The fourth-order valence-electron chi connectivity index (χ4n) is 2.48. The van der Waals surface area contributed by atoms with Gasteiger partial charge in [-0.3, -0.25) is 4.72 Å². The summed E-state index contributed by atoms with van der Waals surface area (Å²) in [7, 11) is -1.99. The largest absolute Gasteiger partial charge is 0.279 e. The van der Waals surface area contributed by atoms with E-state index in [0.29, 0.717) is 11.1 Å². The number of aromatic nitrogens is 1. The highest BCUT2D eigenvalue weighted by atomic mass is 35.5. The van der Waals surface area contributed by atoms with Gasteiger partial charge >= 0.3 is 0 Å². The standard InChI is InChI=1S/C17H16ClN2O2S/c1-12-7-3-5-9-14(12)19-23(21,22)16-11-20(2)15-10-6-4-8-13(15)17(16)18/h3-11,19H,1-2H3/q+1. The molecule has 1 N–H and O–H groups in total. The highest BCUT2D eigenvalue weighted by Crippen LogP contribution is 2.29. The molecule has 0 unspecified atom stereocenters. The van der Waals surface area contributed by atoms with Crippen molar-refractivity contribution in [2.24, 2.45) is 7.05 Å². The fraction of sp³-hybridized carbons (Fsp3) is 0.118. The molecule has 0 aliphatic heterocycles. The fourth-order valence-corrected chi connectivity index (χ4v) is 4.26. The van der Waals surface area contributed by atoms with E-state index in [-0.39, 0.29) is 9.92 Å². The van der Waals surface area contributed by atoms with E-state index in [1.165, 1.54) is 6.20 Å². The molecule has 23 heavy (non-hydrogen) atoms. The number of anilines is 1. The average molecular weight is 348 g/mol. The van der Waals surface area contributed by atoms with Crippen molar-refractivity contribution < 1.29 is 13.0 Å². The number of rotatable bonds is 3. The second-order valence-corrected chi connectivity index (χ2v) is 7.38. The predicted octanol–water partition coefficient (Wildman–Crippen LogP) is 3.43. The quantitative estimate of drug-likeness (QED) is 0.738. The van der Waals surface area contributed by atoms with Crippen LogP contribution in [-0.4, -0.2) is 8.42 Å². The molecule has 0 atom stereocenters. The van der Waals surface area contributed by atoms with Crippen molar-refractivity contribution in [1.29, 1.82) is 0 Å². The summed E-state index contributed by atoms with van der Waals surface area (Å²) in [6, 6.07) is 14.6. The summed E-state index contributed by atoms with van der Waals surface area (Å²) in [6.07, 6.45) is 1.53. The van der Waals surface area contributed by atoms with Gasteiger partial charge in [0.25, 0.3) is 10.0 Å². The molecule has 2 aromatic carbocycles. The van der Waals surface area contributed by atoms with Gasteiger partial charge in [-0.15, -0.1) is 0 Å². The number of sulfonamides is 1. The van der Waals surface area contributed by atoms with Crippen LogP contribution in [-0.2, 0) is 17.1 Å². The summed E-state index contributed by atoms with van der Waals surface area (Å²) in [6.45, 7) is 1.85. The molecule has 0 aliphatic carbocycles. The summed E-state index contributed by atoms with van der Waals surface area (Å²) in [5.41, 5.74) is 2.25. The second-order valence-electron chi connectivity index (χ2n) is 5.36. The predicted molar refractivity (Wildman–Crippen MR) is 92.1 cm³/mol. The minimum Gasteiger partial charge on any atom is -0.279 e. The smallest absolute Gasteiger partial charge is 0.269 e. The number of para-hydroxylation sites is 2. The minimum atomic E-state index is -3.78. The highest BCUT2D eigenvalue weighted by Gasteiger charge is 2.25. The normalized spacial score (nSPS) is 11.6. The third-order valence-corrected chi connectivity index (χ3v) is 5.62. The Kier molecular flexibility index (Phi) is 4.00. The molecule has 3 aromatic rings. The number of benzene rings is 2. The first-order valence-corrected chi connectivity index (χ1v) is 8.91. The van der Waals surface area contributed by atoms with Crippen LogP contribution in [0.15, 0.2) is 59.6 Å². The van der Waals surface area contributed by atoms with E-state index in [0.717, 1.165) is 11.1 Å². The Hall–Kier alpha value is -2.11. The lowest BCUT2D eigenvalue weighted by Gasteiger charge is -2.11. The van der Waals surface area contributed by atoms with E-state index < -0.39 is 10.0 Å². The Morgan fingerprint density at radius 1 is 1.04 bits per heavy atom. The molecule has 0 radical (unpaired) electrons. The Morgan fingerprint density at radius 2 is 1.70 bits per heavy atom. The Bertz CT molecular complexity index is 1000. The van der Waals surface area contributed by atoms with Crippen LogP contribution in [0.4, 0.5) is 5.69 Å². The van der Waals surface area contributed by atoms with E-state index in [4.69, 9.17) is 11.6 Å². The van der Waals surface area contributed by atoms with Crippen LogP contribution in [0.25, 0.3) is 10.9 Å². The Morgan fingerprint density at radius 3 is 2.43 bits per heavy atom. The molecule has 1 heterocycles. The molecule has 0 saturated heterocycles. The van der Waals surface area contributed by atoms with Gasteiger partial charge in [-0.1, -0.05) is 41.9 Å². The van der Waals surface area contributed by atoms with E-state index in [2.05, 4.69) is 4.72 Å². The summed E-state index contributed by atoms with van der Waals surface area (Å²) in [5.74, 6) is 0. The molecule has 0 fully saturated rings. The van der Waals surface area contributed by atoms with Crippen LogP contribution < -0.4 is 9.29 Å². The summed E-state index contributed by atoms with van der Waals surface area (Å²) >= 11 is 6.37. The molecule has 0 aliphatic rings. The molecule has 6 heteroatoms. The molecule has 0 saturated carbocycles. The molecule has 1 aromatic heterocycles. The van der Waals surface area contributed by atoms with Crippen molar-refractivity contribution in [3.8, 4) is 0 Å². The number of halogens is 1. The maximum absolute atomic E-state index is 12.8. The average Bonchev–Trinajstić information content (AvgIpc) is 2.53. The Labute approximate surface area is 140 Å². The van der Waals surface area contributed by atoms with Crippen molar-refractivity contribution in [3.63, 3.8) is 0 Å². The first-order chi connectivity index (χ1) is 10.9. The van der Waals surface area contributed by atoms with E-state index >= 15 is 0 Å². The first kappa shape index (κ1) is 15.8. The number of fused-ring (bicyclic) bond motifs is 1. The van der Waals surface area contributed by atoms with Crippen LogP contribution in [0.2, 0.25) is 5.02 Å². The van der Waals surface area contributed by atoms with Crippen LogP contribution in [0.3, 0.4) is 0 Å². The van der Waals surface area contributed by atoms with Gasteiger partial charge in [-0.2, -0.15) is 4.57 Å². The van der Waals surface area contributed by atoms with E-state index in [1.807, 2.05) is 43.3 Å². The summed E-state index contributed by atoms with van der Waals surface area (Å²) in [4.78, 5) is 0.0589. The van der Waals surface area contributed by atoms with Crippen LogP contribution in [0.1, 0.15) is 5.56 Å². The van der Waals surface area contributed by atoms with Crippen molar-refractivity contribution in [2.45, 2.75) is 11.8 Å². The van der Waals surface area contributed by atoms with Gasteiger partial charge in [0, 0.05) is 6.07 Å². The zero-order valence-electron chi connectivity index (χ0n) is 12.7. The van der Waals surface area contributed by atoms with Crippen LogP contribution >= 0.6 is 11.6 Å². The molecule has 4 nitrogen and oxygen atoms in total. The number of hydrogen-bond acceptors (Lipinski definition) is 2. The number of nitrogens with zero attached hydrogens (tertiary/aromatic N) is 1. The van der Waals surface area contributed by atoms with Gasteiger partial charge in [0.05, 0.1) is 16.1 Å². The number of nitrogens with one attached hydrogen (secondary N) is 1. The first-order valence-electron chi connectivity index (χ1n) is 7.05. The molecular weight excluding hydrogens is 332 g/mol. The number of pyridine rings is 1. The lowest BCUT2D eigenvalue weighted by molar-refractivity contribution is -0.646. The zero-order chi connectivity index (χ0) is 16.6. The Balaban J connectivity index is 2.16. The summed E-state index contributed by atoms with van der Waals surface area (Å²) in [5, 5.41) is 0.920. The lowest BCUT2D eigenvalue weighted by atomic mass is 10.2. The molecule has 0 spiro atoms. The van der Waals surface area contributed by atoms with Crippen molar-refractivity contribution in [2.75, 3.05) is 4.72 Å². The highest BCUT2D eigenvalue weighted by molar-refractivity contribution is 7.92. The van der Waals surface area contributed by atoms with Gasteiger partial charge < -0.3 is 0 Å². The third kappa shape index (κ3) is 2.90. The van der Waals surface area contributed by atoms with Gasteiger partial charge in [0.2, 0.25) is 5.52 Å². The van der Waals surface area contributed by atoms with Crippen LogP contribution in [0, 0.1) is 6.92 Å². The summed E-state index contributed by atoms with van der Waals surface area (Å²) < 4.78 is 29.9. The molecule has 118 valence electrons. The molecular formula is C17H16ClN2O2S+. The molecule has 3 rings (SSSR count). The van der Waals surface area contributed by atoms with E-state index in [1.54, 1.807) is 23.7 Å². The SMILES string of the molecule is Cc1ccccc1NS(=O)(=O)c1c[n+](C)c2ccccc2c1Cl. The number of hydrogen-bond donors (Lipinski definition) is 1. The molecule has 0 bridgehead atoms. The minimum absolute atomic E-state index is 0.0589. The maximum Gasteiger partial charge on any atom is 0.269 e. The van der Waals surface area contributed by atoms with Gasteiger partial charge in [-0.05, 0) is 24.6 Å². The van der Waals surface area contributed by atoms with E-state index in [9.17, 15) is 8.42 Å². The number of aryl methyl sites for hydroxylation is 2. The monoisotopic (exact) mass is 347 g/mol. The second kappa shape index (κ2) is 5.83. The van der Waals surface area contributed by atoms with Gasteiger partial charge in [-0.25, -0.2) is 8.42 Å². The van der Waals surface area contributed by atoms with Gasteiger partial charge in [0.15, 0.2) is 11.1 Å². The third-order valence-electron chi connectivity index (χ3n) is 3.73. The van der Waals surface area contributed by atoms with Crippen LogP contribution in [0.5, 0.6) is 0 Å². The van der Waals surface area contributed by atoms with Crippen molar-refractivity contribution in [1.82, 2.24) is 0 Å². The molecule has 0 amide bonds. The lowest BCUT2D eigenvalue weighted by Crippen LogP contribution is -2.31. The van der Waals surface area contributed by atoms with Crippen molar-refractivity contribution in [3.05, 3.63) is 65.3 Å². The topological polar surface area (TPSA) is 50.1 Å². The maximum atomic E-state index is 12.8. The van der Waals surface area contributed by atoms with Crippen molar-refractivity contribution >= 4 is 38.2 Å². The zero-order valence-corrected chi connectivity index (χ0v) is 14.3. The van der Waals surface area contributed by atoms with Gasteiger partial charge in [0.1, 0.15) is 7.05 Å².